The third-order valence-electron chi connectivity index (χ3n) is 7.31. The lowest BCUT2D eigenvalue weighted by atomic mass is 9.95. The molecule has 0 radical (unpaired) electrons. The van der Waals surface area contributed by atoms with Crippen LogP contribution in [0.2, 0.25) is 0 Å². The van der Waals surface area contributed by atoms with Gasteiger partial charge >= 0.3 is 0 Å². The SMILES string of the molecule is COc1ccc(N2CCN(c3nccc(C(=O)NC4CC5CCC4C5)n3)[C@H](C)C2)c(F)c1. The molecular weight excluding hydrogens is 409 g/mol. The molecule has 1 amide bonds. The largest absolute Gasteiger partial charge is 0.497 e. The zero-order valence-electron chi connectivity index (χ0n) is 18.6. The highest BCUT2D eigenvalue weighted by Gasteiger charge is 2.40. The Morgan fingerprint density at radius 1 is 1.22 bits per heavy atom. The highest BCUT2D eigenvalue weighted by atomic mass is 19.1. The number of carbonyl (C=O) groups is 1. The lowest BCUT2D eigenvalue weighted by Gasteiger charge is -2.41. The van der Waals surface area contributed by atoms with Crippen LogP contribution in [0.25, 0.3) is 0 Å². The average molecular weight is 440 g/mol. The van der Waals surface area contributed by atoms with Gasteiger partial charge in [0.1, 0.15) is 17.3 Å². The maximum Gasteiger partial charge on any atom is 0.270 e. The molecule has 2 bridgehead atoms. The molecule has 3 unspecified atom stereocenters. The fourth-order valence-electron chi connectivity index (χ4n) is 5.62. The molecule has 1 saturated heterocycles. The molecule has 3 aliphatic rings. The second-order valence-corrected chi connectivity index (χ2v) is 9.30. The van der Waals surface area contributed by atoms with E-state index in [4.69, 9.17) is 4.74 Å². The number of aromatic nitrogens is 2. The van der Waals surface area contributed by atoms with Gasteiger partial charge in [-0.1, -0.05) is 6.42 Å². The van der Waals surface area contributed by atoms with Crippen molar-refractivity contribution in [2.75, 3.05) is 36.5 Å². The number of halogens is 1. The molecule has 1 aliphatic heterocycles. The zero-order valence-corrected chi connectivity index (χ0v) is 18.6. The standard InChI is InChI=1S/C24H30FN5O2/c1-15-14-29(22-6-5-18(32-2)13-19(22)25)9-10-30(15)24-26-8-7-20(28-24)23(31)27-21-12-16-3-4-17(21)11-16/h5-8,13,15-17,21H,3-4,9-12,14H2,1-2H3,(H,27,31)/t15-,16?,17?,21?/m1/s1. The number of amides is 1. The fourth-order valence-corrected chi connectivity index (χ4v) is 5.62. The van der Waals surface area contributed by atoms with Crippen molar-refractivity contribution in [2.45, 2.75) is 44.7 Å². The summed E-state index contributed by atoms with van der Waals surface area (Å²) in [5.74, 6) is 2.05. The number of methoxy groups -OCH3 is 1. The van der Waals surface area contributed by atoms with E-state index in [1.54, 1.807) is 24.4 Å². The number of rotatable bonds is 5. The normalized spacial score (nSPS) is 27.0. The first-order valence-electron chi connectivity index (χ1n) is 11.5. The number of benzene rings is 1. The highest BCUT2D eigenvalue weighted by molar-refractivity contribution is 5.92. The number of hydrogen-bond acceptors (Lipinski definition) is 6. The molecule has 170 valence electrons. The quantitative estimate of drug-likeness (QED) is 0.771. The van der Waals surface area contributed by atoms with Gasteiger partial charge in [-0.3, -0.25) is 4.79 Å². The van der Waals surface area contributed by atoms with Crippen LogP contribution in [0.4, 0.5) is 16.0 Å². The van der Waals surface area contributed by atoms with Gasteiger partial charge in [-0.15, -0.1) is 0 Å². The summed E-state index contributed by atoms with van der Waals surface area (Å²) in [7, 11) is 1.53. The van der Waals surface area contributed by atoms with Crippen molar-refractivity contribution in [3.05, 3.63) is 42.0 Å². The smallest absolute Gasteiger partial charge is 0.270 e. The number of nitrogens with one attached hydrogen (secondary N) is 1. The molecule has 1 aromatic heterocycles. The first-order chi connectivity index (χ1) is 15.5. The van der Waals surface area contributed by atoms with Gasteiger partial charge in [0.15, 0.2) is 0 Å². The van der Waals surface area contributed by atoms with Crippen LogP contribution in [0, 0.1) is 17.7 Å². The zero-order chi connectivity index (χ0) is 22.2. The van der Waals surface area contributed by atoms with E-state index in [-0.39, 0.29) is 23.8 Å². The Balaban J connectivity index is 1.25. The van der Waals surface area contributed by atoms with Crippen LogP contribution in [0.15, 0.2) is 30.5 Å². The molecular formula is C24H30FN5O2. The maximum absolute atomic E-state index is 14.5. The molecule has 2 aliphatic carbocycles. The van der Waals surface area contributed by atoms with Crippen LogP contribution in [-0.4, -0.2) is 54.7 Å². The van der Waals surface area contributed by atoms with Gasteiger partial charge in [0.2, 0.25) is 5.95 Å². The van der Waals surface area contributed by atoms with E-state index >= 15 is 0 Å². The summed E-state index contributed by atoms with van der Waals surface area (Å²) in [5, 5.41) is 3.20. The summed E-state index contributed by atoms with van der Waals surface area (Å²) in [4.78, 5) is 26.0. The molecule has 2 saturated carbocycles. The van der Waals surface area contributed by atoms with Crippen LogP contribution in [0.5, 0.6) is 5.75 Å². The van der Waals surface area contributed by atoms with Crippen LogP contribution < -0.4 is 19.9 Å². The van der Waals surface area contributed by atoms with Crippen molar-refractivity contribution in [3.63, 3.8) is 0 Å². The van der Waals surface area contributed by atoms with E-state index in [0.717, 1.165) is 12.3 Å². The molecule has 1 aromatic carbocycles. The monoisotopic (exact) mass is 439 g/mol. The Labute approximate surface area is 188 Å². The Hall–Kier alpha value is -2.90. The summed E-state index contributed by atoms with van der Waals surface area (Å²) >= 11 is 0. The minimum absolute atomic E-state index is 0.0640. The number of anilines is 2. The second-order valence-electron chi connectivity index (χ2n) is 9.30. The molecule has 3 fully saturated rings. The van der Waals surface area contributed by atoms with Crippen molar-refractivity contribution >= 4 is 17.5 Å². The predicted molar refractivity (Wildman–Crippen MR) is 121 cm³/mol. The Kier molecular flexibility index (Phi) is 5.61. The van der Waals surface area contributed by atoms with E-state index in [2.05, 4.69) is 27.1 Å². The van der Waals surface area contributed by atoms with Gasteiger partial charge < -0.3 is 19.9 Å². The summed E-state index contributed by atoms with van der Waals surface area (Å²) < 4.78 is 19.6. The molecule has 32 heavy (non-hydrogen) atoms. The van der Waals surface area contributed by atoms with Gasteiger partial charge in [-0.05, 0) is 56.2 Å². The summed E-state index contributed by atoms with van der Waals surface area (Å²) in [5.41, 5.74) is 0.978. The van der Waals surface area contributed by atoms with Crippen LogP contribution in [-0.2, 0) is 0 Å². The topological polar surface area (TPSA) is 70.6 Å². The van der Waals surface area contributed by atoms with Gasteiger partial charge in [-0.2, -0.15) is 0 Å². The van der Waals surface area contributed by atoms with Crippen LogP contribution >= 0.6 is 0 Å². The molecule has 2 heterocycles. The maximum atomic E-state index is 14.5. The first kappa shape index (κ1) is 21.0. The minimum Gasteiger partial charge on any atom is -0.497 e. The lowest BCUT2D eigenvalue weighted by molar-refractivity contribution is 0.0917. The second kappa shape index (κ2) is 8.56. The number of fused-ring (bicyclic) bond motifs is 2. The van der Waals surface area contributed by atoms with Crippen molar-refractivity contribution in [3.8, 4) is 5.75 Å². The van der Waals surface area contributed by atoms with Crippen LogP contribution in [0.1, 0.15) is 43.1 Å². The third kappa shape index (κ3) is 3.98. The fraction of sp³-hybridized carbons (Fsp3) is 0.542. The molecule has 7 nitrogen and oxygen atoms in total. The van der Waals surface area contributed by atoms with Crippen molar-refractivity contribution in [2.24, 2.45) is 11.8 Å². The first-order valence-corrected chi connectivity index (χ1v) is 11.5. The number of carbonyl (C=O) groups excluding carboxylic acids is 1. The molecule has 8 heteroatoms. The molecule has 0 spiro atoms. The Bertz CT molecular complexity index is 1000. The van der Waals surface area contributed by atoms with Crippen molar-refractivity contribution < 1.29 is 13.9 Å². The Morgan fingerprint density at radius 2 is 2.09 bits per heavy atom. The van der Waals surface area contributed by atoms with E-state index in [0.29, 0.717) is 48.6 Å². The molecule has 4 atom stereocenters. The van der Waals surface area contributed by atoms with E-state index in [1.807, 2.05) is 4.90 Å². The molecule has 5 rings (SSSR count). The van der Waals surface area contributed by atoms with Gasteiger partial charge in [0.25, 0.3) is 5.91 Å². The average Bonchev–Trinajstić information content (AvgIpc) is 3.42. The lowest BCUT2D eigenvalue weighted by Crippen LogP contribution is -2.53. The number of ether oxygens (including phenoxy) is 1. The summed E-state index contributed by atoms with van der Waals surface area (Å²) in [6.45, 7) is 3.98. The van der Waals surface area contributed by atoms with Gasteiger partial charge in [0, 0.05) is 44.0 Å². The van der Waals surface area contributed by atoms with E-state index in [9.17, 15) is 9.18 Å². The molecule has 2 aromatic rings. The summed E-state index contributed by atoms with van der Waals surface area (Å²) in [6, 6.07) is 6.97. The molecule has 1 N–H and O–H groups in total. The van der Waals surface area contributed by atoms with E-state index < -0.39 is 0 Å². The van der Waals surface area contributed by atoms with Crippen molar-refractivity contribution in [1.29, 1.82) is 0 Å². The number of piperazine rings is 1. The van der Waals surface area contributed by atoms with Crippen LogP contribution in [0.3, 0.4) is 0 Å². The number of hydrogen-bond donors (Lipinski definition) is 1. The Morgan fingerprint density at radius 3 is 2.78 bits per heavy atom. The minimum atomic E-state index is -0.291. The highest BCUT2D eigenvalue weighted by Crippen LogP contribution is 2.44. The van der Waals surface area contributed by atoms with Crippen molar-refractivity contribution in [1.82, 2.24) is 15.3 Å². The van der Waals surface area contributed by atoms with E-state index in [1.165, 1.54) is 32.4 Å². The number of nitrogens with zero attached hydrogens (tertiary/aromatic N) is 4. The third-order valence-corrected chi connectivity index (χ3v) is 7.31. The summed E-state index contributed by atoms with van der Waals surface area (Å²) in [6.07, 6.45) is 6.52. The van der Waals surface area contributed by atoms with Gasteiger partial charge in [-0.25, -0.2) is 14.4 Å². The predicted octanol–water partition coefficient (Wildman–Crippen LogP) is 3.26. The van der Waals surface area contributed by atoms with Gasteiger partial charge in [0.05, 0.1) is 12.8 Å².